The highest BCUT2D eigenvalue weighted by molar-refractivity contribution is 7.98. The highest BCUT2D eigenvalue weighted by Gasteiger charge is 2.39. The zero-order chi connectivity index (χ0) is 21.4. The minimum atomic E-state index is -0.667. The number of para-hydroxylation sites is 1. The maximum absolute atomic E-state index is 12.9. The molecule has 0 fully saturated rings. The smallest absolute Gasteiger partial charge is 0.275 e. The fourth-order valence-electron chi connectivity index (χ4n) is 4.09. The number of hydrogen-bond acceptors (Lipinski definition) is 7. The predicted octanol–water partition coefficient (Wildman–Crippen LogP) is 4.50. The van der Waals surface area contributed by atoms with E-state index in [2.05, 4.69) is 15.4 Å². The average Bonchev–Trinajstić information content (AvgIpc) is 3.19. The second-order valence-electron chi connectivity index (χ2n) is 7.45. The number of fused-ring (bicyclic) bond motifs is 1. The highest BCUT2D eigenvalue weighted by Crippen LogP contribution is 2.43. The van der Waals surface area contributed by atoms with Crippen LogP contribution in [-0.4, -0.2) is 25.5 Å². The van der Waals surface area contributed by atoms with Crippen LogP contribution >= 0.6 is 11.8 Å². The molecule has 0 saturated carbocycles. The molecule has 2 heterocycles. The maximum Gasteiger partial charge on any atom is 0.275 e. The summed E-state index contributed by atoms with van der Waals surface area (Å²) in [6.07, 6.45) is 1.88. The number of nitro benzene ring substituents is 1. The van der Waals surface area contributed by atoms with Crippen molar-refractivity contribution in [2.45, 2.75) is 36.2 Å². The third-order valence-corrected chi connectivity index (χ3v) is 6.40. The molecule has 1 aliphatic carbocycles. The summed E-state index contributed by atoms with van der Waals surface area (Å²) in [7, 11) is 0. The molecule has 1 aliphatic heterocycles. The number of thioether (sulfide) groups is 1. The van der Waals surface area contributed by atoms with Gasteiger partial charge in [-0.15, -0.1) is 5.10 Å². The van der Waals surface area contributed by atoms with Crippen LogP contribution in [0, 0.1) is 10.1 Å². The van der Waals surface area contributed by atoms with Crippen LogP contribution in [0.2, 0.25) is 0 Å². The lowest BCUT2D eigenvalue weighted by molar-refractivity contribution is -0.385. The van der Waals surface area contributed by atoms with Crippen molar-refractivity contribution in [1.82, 2.24) is 14.8 Å². The van der Waals surface area contributed by atoms with Crippen molar-refractivity contribution in [3.05, 3.63) is 87.1 Å². The van der Waals surface area contributed by atoms with Gasteiger partial charge in [0.2, 0.25) is 11.1 Å². The number of nitrogens with zero attached hydrogens (tertiary/aromatic N) is 4. The molecule has 0 saturated heterocycles. The van der Waals surface area contributed by atoms with Crippen LogP contribution in [0.15, 0.2) is 71.0 Å². The van der Waals surface area contributed by atoms with Crippen molar-refractivity contribution in [3.63, 3.8) is 0 Å². The molecule has 5 rings (SSSR count). The van der Waals surface area contributed by atoms with E-state index in [0.717, 1.165) is 17.7 Å². The first-order valence-corrected chi connectivity index (χ1v) is 11.0. The van der Waals surface area contributed by atoms with Crippen molar-refractivity contribution in [1.29, 1.82) is 0 Å². The summed E-state index contributed by atoms with van der Waals surface area (Å²) in [5.74, 6) is 1.20. The number of aromatic nitrogens is 3. The maximum atomic E-state index is 12.9. The molecule has 0 bridgehead atoms. The zero-order valence-corrected chi connectivity index (χ0v) is 17.3. The first-order chi connectivity index (χ1) is 15.1. The number of benzene rings is 2. The first-order valence-electron chi connectivity index (χ1n) is 10.0. The molecule has 9 heteroatoms. The van der Waals surface area contributed by atoms with Crippen LogP contribution in [0.3, 0.4) is 0 Å². The van der Waals surface area contributed by atoms with Crippen LogP contribution in [0.1, 0.15) is 36.4 Å². The summed E-state index contributed by atoms with van der Waals surface area (Å²) < 4.78 is 1.62. The Morgan fingerprint density at radius 3 is 2.71 bits per heavy atom. The Bertz CT molecular complexity index is 1200. The number of anilines is 1. The van der Waals surface area contributed by atoms with E-state index in [-0.39, 0.29) is 11.5 Å². The lowest BCUT2D eigenvalue weighted by Gasteiger charge is -2.31. The lowest BCUT2D eigenvalue weighted by Crippen LogP contribution is -2.31. The summed E-state index contributed by atoms with van der Waals surface area (Å²) in [4.78, 5) is 28.8. The molecule has 156 valence electrons. The van der Waals surface area contributed by atoms with Gasteiger partial charge in [0.15, 0.2) is 5.78 Å². The minimum absolute atomic E-state index is 0.00320. The van der Waals surface area contributed by atoms with Crippen LogP contribution in [0.5, 0.6) is 0 Å². The fraction of sp³-hybridized carbons (Fsp3) is 0.227. The monoisotopic (exact) mass is 433 g/mol. The van der Waals surface area contributed by atoms with E-state index in [1.165, 1.54) is 17.8 Å². The van der Waals surface area contributed by atoms with Crippen molar-refractivity contribution < 1.29 is 9.72 Å². The predicted molar refractivity (Wildman–Crippen MR) is 117 cm³/mol. The number of Topliss-reactive ketones (excluding diaryl/α,β-unsaturated/α-hetero) is 1. The van der Waals surface area contributed by atoms with E-state index >= 15 is 0 Å². The number of nitrogens with one attached hydrogen (secondary N) is 1. The van der Waals surface area contributed by atoms with E-state index < -0.39 is 11.0 Å². The van der Waals surface area contributed by atoms with Gasteiger partial charge in [0.1, 0.15) is 6.04 Å². The van der Waals surface area contributed by atoms with Gasteiger partial charge >= 0.3 is 0 Å². The number of carbonyl (C=O) groups excluding carboxylic acids is 1. The van der Waals surface area contributed by atoms with Gasteiger partial charge in [-0.2, -0.15) is 4.98 Å². The van der Waals surface area contributed by atoms with Crippen molar-refractivity contribution in [2.24, 2.45) is 0 Å². The largest absolute Gasteiger partial charge is 0.328 e. The molecular weight excluding hydrogens is 414 g/mol. The number of carbonyl (C=O) groups is 1. The van der Waals surface area contributed by atoms with E-state index in [0.29, 0.717) is 40.8 Å². The first kappa shape index (κ1) is 19.5. The van der Waals surface area contributed by atoms with E-state index in [4.69, 9.17) is 0 Å². The van der Waals surface area contributed by atoms with Gasteiger partial charge in [-0.25, -0.2) is 4.68 Å². The Morgan fingerprint density at radius 2 is 1.90 bits per heavy atom. The normalized spacial score (nSPS) is 17.7. The van der Waals surface area contributed by atoms with Gasteiger partial charge in [0.05, 0.1) is 10.5 Å². The van der Waals surface area contributed by atoms with Crippen molar-refractivity contribution >= 4 is 29.2 Å². The van der Waals surface area contributed by atoms with Crippen LogP contribution in [0.4, 0.5) is 11.6 Å². The fourth-order valence-corrected chi connectivity index (χ4v) is 4.88. The van der Waals surface area contributed by atoms with Gasteiger partial charge in [-0.1, -0.05) is 54.2 Å². The SMILES string of the molecule is O=C1CCCC2=C1[C@@H](c1ccccc1[N+](=O)[O-])n1nc(SCc3ccccc3)nc1N2. The third-order valence-electron chi connectivity index (χ3n) is 5.49. The Hall–Kier alpha value is -3.46. The quantitative estimate of drug-likeness (QED) is 0.359. The second kappa shape index (κ2) is 7.99. The molecule has 8 nitrogen and oxygen atoms in total. The molecule has 0 unspecified atom stereocenters. The van der Waals surface area contributed by atoms with Crippen LogP contribution in [0.25, 0.3) is 0 Å². The molecular formula is C22H19N5O3S. The summed E-state index contributed by atoms with van der Waals surface area (Å²) in [5.41, 5.74) is 2.91. The lowest BCUT2D eigenvalue weighted by atomic mass is 9.85. The van der Waals surface area contributed by atoms with Gasteiger partial charge < -0.3 is 5.32 Å². The van der Waals surface area contributed by atoms with Gasteiger partial charge in [0.25, 0.3) is 5.69 Å². The molecule has 31 heavy (non-hydrogen) atoms. The molecule has 2 aliphatic rings. The number of allylic oxidation sites excluding steroid dienone is 2. The van der Waals surface area contributed by atoms with Gasteiger partial charge in [-0.3, -0.25) is 14.9 Å². The zero-order valence-electron chi connectivity index (χ0n) is 16.5. The molecule has 1 N–H and O–H groups in total. The molecule has 2 aromatic carbocycles. The Kier molecular flexibility index (Phi) is 5.03. The van der Waals surface area contributed by atoms with Crippen LogP contribution < -0.4 is 5.32 Å². The summed E-state index contributed by atoms with van der Waals surface area (Å²) in [6.45, 7) is 0. The molecule has 1 atom stereocenters. The van der Waals surface area contributed by atoms with E-state index in [1.54, 1.807) is 22.9 Å². The molecule has 0 amide bonds. The Balaban J connectivity index is 1.57. The number of rotatable bonds is 5. The average molecular weight is 433 g/mol. The molecule has 3 aromatic rings. The Labute approximate surface area is 182 Å². The summed E-state index contributed by atoms with van der Waals surface area (Å²) in [5, 5.41) is 20.2. The van der Waals surface area contributed by atoms with Gasteiger partial charge in [0, 0.05) is 29.5 Å². The Morgan fingerprint density at radius 1 is 1.13 bits per heavy atom. The number of nitro groups is 1. The number of hydrogen-bond donors (Lipinski definition) is 1. The second-order valence-corrected chi connectivity index (χ2v) is 8.39. The molecule has 0 spiro atoms. The topological polar surface area (TPSA) is 103 Å². The molecule has 1 aromatic heterocycles. The highest BCUT2D eigenvalue weighted by atomic mass is 32.2. The van der Waals surface area contributed by atoms with E-state index in [9.17, 15) is 14.9 Å². The number of ketones is 1. The third kappa shape index (κ3) is 3.61. The standard InChI is InChI=1S/C22H19N5O3S/c28-18-12-6-10-16-19(18)20(15-9-4-5-11-17(15)27(29)30)26-21(23-16)24-22(25-26)31-13-14-7-2-1-3-8-14/h1-5,7-9,11,20H,6,10,12-13H2,(H,23,24,25)/t20-/m1/s1. The van der Waals surface area contributed by atoms with Crippen LogP contribution in [-0.2, 0) is 10.5 Å². The van der Waals surface area contributed by atoms with Crippen molar-refractivity contribution in [3.8, 4) is 0 Å². The van der Waals surface area contributed by atoms with Crippen molar-refractivity contribution in [2.75, 3.05) is 5.32 Å². The minimum Gasteiger partial charge on any atom is -0.328 e. The molecule has 0 radical (unpaired) electrons. The summed E-state index contributed by atoms with van der Waals surface area (Å²) >= 11 is 1.49. The summed E-state index contributed by atoms with van der Waals surface area (Å²) in [6, 6.07) is 15.9. The van der Waals surface area contributed by atoms with E-state index in [1.807, 2.05) is 30.3 Å². The van der Waals surface area contributed by atoms with Gasteiger partial charge in [-0.05, 0) is 24.5 Å².